The maximum Gasteiger partial charge on any atom is 0.150 e. The molecule has 0 unspecified atom stereocenters. The predicted octanol–water partition coefficient (Wildman–Crippen LogP) is 1.90. The lowest BCUT2D eigenvalue weighted by atomic mass is 10.0. The van der Waals surface area contributed by atoms with Crippen LogP contribution in [0.4, 0.5) is 0 Å². The molecule has 0 aromatic carbocycles. The van der Waals surface area contributed by atoms with Gasteiger partial charge in [-0.1, -0.05) is 13.0 Å². The summed E-state index contributed by atoms with van der Waals surface area (Å²) in [6.45, 7) is 5.19. The molecular weight excluding hydrogens is 250 g/mol. The number of aromatic nitrogens is 4. The van der Waals surface area contributed by atoms with Crippen LogP contribution >= 0.6 is 0 Å². The van der Waals surface area contributed by atoms with Crippen molar-refractivity contribution in [2.24, 2.45) is 0 Å². The summed E-state index contributed by atoms with van der Waals surface area (Å²) >= 11 is 0. The highest BCUT2D eigenvalue weighted by molar-refractivity contribution is 5.13. The van der Waals surface area contributed by atoms with E-state index in [0.29, 0.717) is 12.1 Å². The van der Waals surface area contributed by atoms with Gasteiger partial charge in [0, 0.05) is 37.3 Å². The molecule has 3 rings (SSSR count). The number of hydrogen-bond acceptors (Lipinski definition) is 4. The first kappa shape index (κ1) is 13.2. The van der Waals surface area contributed by atoms with Crippen molar-refractivity contribution in [3.8, 4) is 0 Å². The Hall–Kier alpha value is -1.75. The van der Waals surface area contributed by atoms with Crippen molar-refractivity contribution in [1.29, 1.82) is 0 Å². The van der Waals surface area contributed by atoms with Crippen LogP contribution in [-0.2, 0) is 19.4 Å². The summed E-state index contributed by atoms with van der Waals surface area (Å²) < 4.78 is 2.07. The van der Waals surface area contributed by atoms with Crippen molar-refractivity contribution in [1.82, 2.24) is 25.1 Å². The van der Waals surface area contributed by atoms with Crippen molar-refractivity contribution in [3.63, 3.8) is 0 Å². The van der Waals surface area contributed by atoms with E-state index in [-0.39, 0.29) is 0 Å². The van der Waals surface area contributed by atoms with Crippen LogP contribution in [0.15, 0.2) is 24.5 Å². The second-order valence-electron chi connectivity index (χ2n) is 5.39. The van der Waals surface area contributed by atoms with Gasteiger partial charge in [-0.25, -0.2) is 9.67 Å². The number of nitrogens with zero attached hydrogens (tertiary/aromatic N) is 4. The van der Waals surface area contributed by atoms with Gasteiger partial charge in [-0.05, 0) is 25.0 Å². The van der Waals surface area contributed by atoms with Gasteiger partial charge in [-0.15, -0.1) is 0 Å². The zero-order chi connectivity index (χ0) is 13.9. The van der Waals surface area contributed by atoms with Gasteiger partial charge in [0.05, 0.1) is 6.54 Å². The Balaban J connectivity index is 1.65. The molecule has 1 aliphatic rings. The molecule has 3 heterocycles. The standard InChI is InChI=1S/C15H21N5/c1-3-14-18-15-7-6-13(10-20(15)19-14)17-11(2)12-5-4-8-16-9-12/h4-5,8-9,11,13,17H,3,6-7,10H2,1-2H3/t11-,13+/m0/s1. The maximum absolute atomic E-state index is 4.56. The number of nitrogens with one attached hydrogen (secondary N) is 1. The van der Waals surface area contributed by atoms with Crippen molar-refractivity contribution in [3.05, 3.63) is 41.7 Å². The first-order chi connectivity index (χ1) is 9.76. The van der Waals surface area contributed by atoms with Gasteiger partial charge in [0.1, 0.15) is 5.82 Å². The fourth-order valence-electron chi connectivity index (χ4n) is 2.73. The van der Waals surface area contributed by atoms with E-state index in [0.717, 1.165) is 37.5 Å². The van der Waals surface area contributed by atoms with E-state index in [2.05, 4.69) is 45.0 Å². The predicted molar refractivity (Wildman–Crippen MR) is 77.3 cm³/mol. The zero-order valence-corrected chi connectivity index (χ0v) is 12.1. The van der Waals surface area contributed by atoms with Crippen LogP contribution in [0.5, 0.6) is 0 Å². The highest BCUT2D eigenvalue weighted by Crippen LogP contribution is 2.17. The Morgan fingerprint density at radius 1 is 1.50 bits per heavy atom. The number of pyridine rings is 1. The van der Waals surface area contributed by atoms with Gasteiger partial charge >= 0.3 is 0 Å². The third-order valence-electron chi connectivity index (χ3n) is 3.89. The molecule has 5 heteroatoms. The fourth-order valence-corrected chi connectivity index (χ4v) is 2.73. The normalized spacial score (nSPS) is 19.6. The van der Waals surface area contributed by atoms with Crippen LogP contribution in [0, 0.1) is 0 Å². The summed E-state index contributed by atoms with van der Waals surface area (Å²) in [6.07, 6.45) is 6.77. The molecule has 0 bridgehead atoms. The third-order valence-corrected chi connectivity index (χ3v) is 3.89. The molecular formula is C15H21N5. The van der Waals surface area contributed by atoms with Crippen molar-refractivity contribution in [2.75, 3.05) is 0 Å². The van der Waals surface area contributed by atoms with Crippen molar-refractivity contribution < 1.29 is 0 Å². The second-order valence-corrected chi connectivity index (χ2v) is 5.39. The molecule has 0 amide bonds. The molecule has 0 aliphatic carbocycles. The van der Waals surface area contributed by atoms with Gasteiger partial charge < -0.3 is 5.32 Å². The van der Waals surface area contributed by atoms with Crippen LogP contribution in [0.25, 0.3) is 0 Å². The summed E-state index contributed by atoms with van der Waals surface area (Å²) in [5.41, 5.74) is 1.23. The molecule has 0 saturated heterocycles. The average Bonchev–Trinajstić information content (AvgIpc) is 2.90. The van der Waals surface area contributed by atoms with Crippen LogP contribution in [0.3, 0.4) is 0 Å². The zero-order valence-electron chi connectivity index (χ0n) is 12.1. The lowest BCUT2D eigenvalue weighted by Crippen LogP contribution is -2.39. The molecule has 20 heavy (non-hydrogen) atoms. The second kappa shape index (κ2) is 5.71. The topological polar surface area (TPSA) is 55.6 Å². The highest BCUT2D eigenvalue weighted by atomic mass is 15.4. The van der Waals surface area contributed by atoms with E-state index >= 15 is 0 Å². The van der Waals surface area contributed by atoms with Gasteiger partial charge in [-0.3, -0.25) is 4.98 Å². The van der Waals surface area contributed by atoms with Gasteiger partial charge in [0.25, 0.3) is 0 Å². The molecule has 0 saturated carbocycles. The number of fused-ring (bicyclic) bond motifs is 1. The van der Waals surface area contributed by atoms with Crippen LogP contribution in [0.2, 0.25) is 0 Å². The van der Waals surface area contributed by atoms with E-state index in [1.807, 2.05) is 18.5 Å². The summed E-state index contributed by atoms with van der Waals surface area (Å²) in [5.74, 6) is 2.09. The summed E-state index contributed by atoms with van der Waals surface area (Å²) in [4.78, 5) is 8.74. The van der Waals surface area contributed by atoms with Gasteiger partial charge in [0.2, 0.25) is 0 Å². The molecule has 1 N–H and O–H groups in total. The minimum absolute atomic E-state index is 0.310. The first-order valence-corrected chi connectivity index (χ1v) is 7.35. The maximum atomic E-state index is 4.56. The SMILES string of the molecule is CCc1nc2n(n1)C[C@H](N[C@@H](C)c1cccnc1)CC2. The summed E-state index contributed by atoms with van der Waals surface area (Å²) in [5, 5.41) is 8.23. The van der Waals surface area contributed by atoms with E-state index < -0.39 is 0 Å². The third kappa shape index (κ3) is 2.72. The quantitative estimate of drug-likeness (QED) is 0.923. The summed E-state index contributed by atoms with van der Waals surface area (Å²) in [6, 6.07) is 4.86. The fraction of sp³-hybridized carbons (Fsp3) is 0.533. The molecule has 2 aromatic heterocycles. The van der Waals surface area contributed by atoms with Crippen LogP contribution in [0.1, 0.15) is 43.5 Å². The average molecular weight is 271 g/mol. The molecule has 5 nitrogen and oxygen atoms in total. The molecule has 2 atom stereocenters. The first-order valence-electron chi connectivity index (χ1n) is 7.35. The van der Waals surface area contributed by atoms with E-state index in [4.69, 9.17) is 0 Å². The van der Waals surface area contributed by atoms with Crippen molar-refractivity contribution in [2.45, 2.75) is 51.7 Å². The number of rotatable bonds is 4. The Morgan fingerprint density at radius 3 is 3.15 bits per heavy atom. The Bertz CT molecular complexity index is 563. The largest absolute Gasteiger partial charge is 0.306 e. The van der Waals surface area contributed by atoms with E-state index in [1.54, 1.807) is 0 Å². The minimum Gasteiger partial charge on any atom is -0.306 e. The number of hydrogen-bond donors (Lipinski definition) is 1. The Morgan fingerprint density at radius 2 is 2.40 bits per heavy atom. The highest BCUT2D eigenvalue weighted by Gasteiger charge is 2.22. The van der Waals surface area contributed by atoms with E-state index in [1.165, 1.54) is 5.56 Å². The molecule has 106 valence electrons. The molecule has 0 radical (unpaired) electrons. The lowest BCUT2D eigenvalue weighted by Gasteiger charge is -2.27. The van der Waals surface area contributed by atoms with Crippen LogP contribution in [-0.4, -0.2) is 25.8 Å². The molecule has 0 spiro atoms. The van der Waals surface area contributed by atoms with Gasteiger partial charge in [-0.2, -0.15) is 5.10 Å². The number of aryl methyl sites for hydroxylation is 2. The Kier molecular flexibility index (Phi) is 3.78. The molecule has 1 aliphatic heterocycles. The van der Waals surface area contributed by atoms with Crippen molar-refractivity contribution >= 4 is 0 Å². The summed E-state index contributed by atoms with van der Waals surface area (Å²) in [7, 11) is 0. The lowest BCUT2D eigenvalue weighted by molar-refractivity contribution is 0.334. The monoisotopic (exact) mass is 271 g/mol. The molecule has 2 aromatic rings. The van der Waals surface area contributed by atoms with Gasteiger partial charge in [0.15, 0.2) is 5.82 Å². The van der Waals surface area contributed by atoms with Crippen LogP contribution < -0.4 is 5.32 Å². The Labute approximate surface area is 119 Å². The van der Waals surface area contributed by atoms with E-state index in [9.17, 15) is 0 Å². The molecule has 0 fully saturated rings. The minimum atomic E-state index is 0.310. The smallest absolute Gasteiger partial charge is 0.150 e.